The Hall–Kier alpha value is -1.76. The molecule has 2 atom stereocenters. The van der Waals surface area contributed by atoms with E-state index in [-0.39, 0.29) is 16.5 Å². The van der Waals surface area contributed by atoms with Crippen LogP contribution in [0.3, 0.4) is 0 Å². The fraction of sp³-hybridized carbons (Fsp3) is 0.368. The van der Waals surface area contributed by atoms with Gasteiger partial charge in [0.25, 0.3) is 5.56 Å². The number of nitriles is 1. The van der Waals surface area contributed by atoms with Crippen LogP contribution in [0.15, 0.2) is 23.0 Å². The second kappa shape index (κ2) is 5.12. The summed E-state index contributed by atoms with van der Waals surface area (Å²) in [4.78, 5) is 15.5. The van der Waals surface area contributed by atoms with Gasteiger partial charge in [0, 0.05) is 32.8 Å². The van der Waals surface area contributed by atoms with E-state index in [1.54, 1.807) is 18.2 Å². The second-order valence-electron chi connectivity index (χ2n) is 7.34. The minimum absolute atomic E-state index is 0.136. The van der Waals surface area contributed by atoms with Crippen LogP contribution in [0.1, 0.15) is 43.0 Å². The van der Waals surface area contributed by atoms with Crippen LogP contribution in [0.2, 0.25) is 10.0 Å². The summed E-state index contributed by atoms with van der Waals surface area (Å²) in [5.41, 5.74) is 3.42. The maximum Gasteiger partial charge on any atom is 0.266 e. The Morgan fingerprint density at radius 2 is 2.08 bits per heavy atom. The first-order valence-corrected chi connectivity index (χ1v) is 8.74. The van der Waals surface area contributed by atoms with E-state index < -0.39 is 0 Å². The first-order valence-electron chi connectivity index (χ1n) is 7.99. The first-order chi connectivity index (χ1) is 11.3. The van der Waals surface area contributed by atoms with Crippen LogP contribution in [0.25, 0.3) is 11.1 Å². The highest BCUT2D eigenvalue weighted by atomic mass is 35.5. The number of aromatic nitrogens is 1. The molecule has 122 valence electrons. The molecule has 1 saturated carbocycles. The van der Waals surface area contributed by atoms with Crippen LogP contribution in [-0.2, 0) is 6.42 Å². The average Bonchev–Trinajstić information content (AvgIpc) is 2.53. The normalized spacial score (nSPS) is 23.1. The van der Waals surface area contributed by atoms with Gasteiger partial charge in [-0.1, -0.05) is 43.1 Å². The molecular weight excluding hydrogens is 343 g/mol. The maximum atomic E-state index is 12.5. The lowest BCUT2D eigenvalue weighted by atomic mass is 9.48. The van der Waals surface area contributed by atoms with E-state index >= 15 is 0 Å². The standard InChI is InChI=1S/C19H16Cl2N2O/c1-19(2)9-5-12-16(11-4-3-10(20)7-15(11)21)13(8-22)18(24)23-17(12)14(19)6-9/h3-4,7,9,14H,5-6H2,1-2H3,(H,23,24)/t9-,14-/m0/s1. The molecule has 3 aliphatic carbocycles. The van der Waals surface area contributed by atoms with Crippen LogP contribution >= 0.6 is 23.2 Å². The molecular formula is C19H16Cl2N2O. The molecule has 0 spiro atoms. The van der Waals surface area contributed by atoms with Crippen LogP contribution in [0.5, 0.6) is 0 Å². The number of nitrogens with one attached hydrogen (secondary N) is 1. The second-order valence-corrected chi connectivity index (χ2v) is 8.19. The predicted octanol–water partition coefficient (Wildman–Crippen LogP) is 4.91. The molecule has 0 saturated heterocycles. The number of H-pyrrole nitrogens is 1. The van der Waals surface area contributed by atoms with Gasteiger partial charge in [-0.2, -0.15) is 5.26 Å². The number of hydrogen-bond donors (Lipinski definition) is 1. The predicted molar refractivity (Wildman–Crippen MR) is 95.6 cm³/mol. The van der Waals surface area contributed by atoms with E-state index in [9.17, 15) is 10.1 Å². The zero-order valence-corrected chi connectivity index (χ0v) is 14.9. The van der Waals surface area contributed by atoms with Crippen molar-refractivity contribution in [1.29, 1.82) is 5.26 Å². The summed E-state index contributed by atoms with van der Waals surface area (Å²) in [7, 11) is 0. The highest BCUT2D eigenvalue weighted by Crippen LogP contribution is 2.62. The van der Waals surface area contributed by atoms with Gasteiger partial charge in [-0.05, 0) is 41.9 Å². The highest BCUT2D eigenvalue weighted by Gasteiger charge is 2.53. The largest absolute Gasteiger partial charge is 0.324 e. The Bertz CT molecular complexity index is 969. The van der Waals surface area contributed by atoms with Crippen molar-refractivity contribution >= 4 is 23.2 Å². The van der Waals surface area contributed by atoms with Gasteiger partial charge >= 0.3 is 0 Å². The molecule has 1 heterocycles. The van der Waals surface area contributed by atoms with Crippen molar-refractivity contribution in [3.63, 3.8) is 0 Å². The third kappa shape index (κ3) is 2.00. The van der Waals surface area contributed by atoms with E-state index in [1.807, 2.05) is 0 Å². The molecule has 0 radical (unpaired) electrons. The minimum atomic E-state index is -0.335. The average molecular weight is 359 g/mol. The van der Waals surface area contributed by atoms with Crippen LogP contribution in [-0.4, -0.2) is 4.98 Å². The molecule has 3 aliphatic rings. The fourth-order valence-corrected chi connectivity index (χ4v) is 4.87. The van der Waals surface area contributed by atoms with Crippen molar-refractivity contribution in [2.24, 2.45) is 11.3 Å². The quantitative estimate of drug-likeness (QED) is 0.787. The van der Waals surface area contributed by atoms with Crippen molar-refractivity contribution < 1.29 is 0 Å². The van der Waals surface area contributed by atoms with Gasteiger partial charge in [0.15, 0.2) is 0 Å². The topological polar surface area (TPSA) is 56.6 Å². The van der Waals surface area contributed by atoms with Gasteiger partial charge in [-0.15, -0.1) is 0 Å². The zero-order valence-electron chi connectivity index (χ0n) is 13.4. The summed E-state index contributed by atoms with van der Waals surface area (Å²) in [5, 5.41) is 10.5. The fourth-order valence-electron chi connectivity index (χ4n) is 4.36. The molecule has 3 nitrogen and oxygen atoms in total. The summed E-state index contributed by atoms with van der Waals surface area (Å²) in [6, 6.07) is 7.26. The van der Waals surface area contributed by atoms with Crippen molar-refractivity contribution in [2.75, 3.05) is 0 Å². The molecule has 0 aliphatic heterocycles. The van der Waals surface area contributed by atoms with E-state index in [0.717, 1.165) is 24.1 Å². The van der Waals surface area contributed by atoms with E-state index in [2.05, 4.69) is 24.9 Å². The first kappa shape index (κ1) is 15.7. The van der Waals surface area contributed by atoms with Gasteiger partial charge in [-0.25, -0.2) is 0 Å². The molecule has 0 amide bonds. The van der Waals surface area contributed by atoms with Crippen LogP contribution in [0, 0.1) is 22.7 Å². The van der Waals surface area contributed by atoms with Crippen molar-refractivity contribution in [3.05, 3.63) is 55.4 Å². The lowest BCUT2D eigenvalue weighted by molar-refractivity contribution is 0.0155. The number of halogens is 2. The molecule has 0 unspecified atom stereocenters. The maximum absolute atomic E-state index is 12.5. The molecule has 24 heavy (non-hydrogen) atoms. The zero-order chi connectivity index (χ0) is 17.2. The SMILES string of the molecule is CC1(C)[C@H]2Cc3c([nH]c(=O)c(C#N)c3-c3ccc(Cl)cc3Cl)[C@@H]1C2. The minimum Gasteiger partial charge on any atom is -0.324 e. The molecule has 1 N–H and O–H groups in total. The molecule has 5 heteroatoms. The molecule has 5 rings (SSSR count). The number of aromatic amines is 1. The Morgan fingerprint density at radius 1 is 1.33 bits per heavy atom. The van der Waals surface area contributed by atoms with Gasteiger partial charge in [0.05, 0.1) is 0 Å². The highest BCUT2D eigenvalue weighted by molar-refractivity contribution is 6.36. The van der Waals surface area contributed by atoms with Crippen molar-refractivity contribution in [1.82, 2.24) is 4.98 Å². The van der Waals surface area contributed by atoms with Crippen molar-refractivity contribution in [3.8, 4) is 17.2 Å². The van der Waals surface area contributed by atoms with Gasteiger partial charge in [-0.3, -0.25) is 4.79 Å². The molecule has 1 aromatic heterocycles. The Balaban J connectivity index is 2.04. The molecule has 2 aromatic rings. The lowest BCUT2D eigenvalue weighted by Crippen LogP contribution is -2.49. The Morgan fingerprint density at radius 3 is 2.71 bits per heavy atom. The van der Waals surface area contributed by atoms with Gasteiger partial charge < -0.3 is 4.98 Å². The number of pyridine rings is 1. The number of benzene rings is 1. The Kier molecular flexibility index (Phi) is 3.36. The third-order valence-corrected chi connectivity index (χ3v) is 6.48. The van der Waals surface area contributed by atoms with E-state index in [1.165, 1.54) is 0 Å². The third-order valence-electron chi connectivity index (χ3n) is 5.93. The number of nitrogens with zero attached hydrogens (tertiary/aromatic N) is 1. The molecule has 1 aromatic carbocycles. The Labute approximate surface area is 150 Å². The number of hydrogen-bond acceptors (Lipinski definition) is 2. The van der Waals surface area contributed by atoms with E-state index in [0.29, 0.717) is 33.0 Å². The summed E-state index contributed by atoms with van der Waals surface area (Å²) in [6.07, 6.45) is 1.95. The summed E-state index contributed by atoms with van der Waals surface area (Å²) in [6.45, 7) is 4.50. The van der Waals surface area contributed by atoms with Crippen LogP contribution < -0.4 is 5.56 Å². The summed E-state index contributed by atoms with van der Waals surface area (Å²) >= 11 is 12.4. The van der Waals surface area contributed by atoms with Crippen molar-refractivity contribution in [2.45, 2.75) is 32.6 Å². The smallest absolute Gasteiger partial charge is 0.266 e. The van der Waals surface area contributed by atoms with Gasteiger partial charge in [0.2, 0.25) is 0 Å². The summed E-state index contributed by atoms with van der Waals surface area (Å²) < 4.78 is 0. The lowest BCUT2D eigenvalue weighted by Gasteiger charge is -2.57. The molecule has 1 fully saturated rings. The monoisotopic (exact) mass is 358 g/mol. The van der Waals surface area contributed by atoms with Crippen LogP contribution in [0.4, 0.5) is 0 Å². The summed E-state index contributed by atoms with van der Waals surface area (Å²) in [5.74, 6) is 0.897. The van der Waals surface area contributed by atoms with Gasteiger partial charge in [0.1, 0.15) is 11.6 Å². The molecule has 2 bridgehead atoms. The van der Waals surface area contributed by atoms with E-state index in [4.69, 9.17) is 23.2 Å². The number of rotatable bonds is 1.